The van der Waals surface area contributed by atoms with Crippen molar-refractivity contribution in [2.75, 3.05) is 23.7 Å². The standard InChI is InChI=1S/C15H17N5O/c16-10-7-20(8-10)14-6-11(18-15(17)19-14)13-5-9-3-1-2-4-12(9)21-13/h1-4,6,10,13H,5,7-8,16H2,(H2,17,18,19). The van der Waals surface area contributed by atoms with E-state index in [1.54, 1.807) is 0 Å². The summed E-state index contributed by atoms with van der Waals surface area (Å²) in [4.78, 5) is 10.7. The van der Waals surface area contributed by atoms with E-state index in [2.05, 4.69) is 20.9 Å². The number of nitrogen functional groups attached to an aromatic ring is 1. The van der Waals surface area contributed by atoms with Gasteiger partial charge in [-0.05, 0) is 11.6 Å². The smallest absolute Gasteiger partial charge is 0.222 e. The Morgan fingerprint density at radius 2 is 2.00 bits per heavy atom. The minimum absolute atomic E-state index is 0.0959. The van der Waals surface area contributed by atoms with E-state index < -0.39 is 0 Å². The van der Waals surface area contributed by atoms with E-state index >= 15 is 0 Å². The lowest BCUT2D eigenvalue weighted by Gasteiger charge is -2.38. The maximum Gasteiger partial charge on any atom is 0.222 e. The molecule has 1 saturated heterocycles. The van der Waals surface area contributed by atoms with Crippen LogP contribution in [0, 0.1) is 0 Å². The highest BCUT2D eigenvalue weighted by molar-refractivity contribution is 5.48. The molecule has 2 aliphatic rings. The fourth-order valence-corrected chi connectivity index (χ4v) is 2.85. The molecule has 6 nitrogen and oxygen atoms in total. The molecule has 3 heterocycles. The molecule has 21 heavy (non-hydrogen) atoms. The molecule has 0 radical (unpaired) electrons. The molecule has 4 N–H and O–H groups in total. The van der Waals surface area contributed by atoms with Crippen molar-refractivity contribution in [3.8, 4) is 5.75 Å². The molecule has 0 saturated carbocycles. The molecule has 0 amide bonds. The number of hydrogen-bond donors (Lipinski definition) is 2. The zero-order chi connectivity index (χ0) is 14.4. The molecule has 1 aromatic heterocycles. The summed E-state index contributed by atoms with van der Waals surface area (Å²) in [6, 6.07) is 10.2. The number of ether oxygens (including phenoxy) is 1. The van der Waals surface area contributed by atoms with Crippen molar-refractivity contribution < 1.29 is 4.74 Å². The van der Waals surface area contributed by atoms with Gasteiger partial charge in [-0.25, -0.2) is 4.98 Å². The first-order valence-electron chi connectivity index (χ1n) is 7.08. The molecule has 108 valence electrons. The lowest BCUT2D eigenvalue weighted by molar-refractivity contribution is 0.233. The van der Waals surface area contributed by atoms with Gasteiger partial charge in [0.2, 0.25) is 5.95 Å². The molecule has 0 spiro atoms. The first kappa shape index (κ1) is 12.4. The van der Waals surface area contributed by atoms with Gasteiger partial charge in [-0.2, -0.15) is 4.98 Å². The summed E-state index contributed by atoms with van der Waals surface area (Å²) in [5.74, 6) is 2.04. The summed E-state index contributed by atoms with van der Waals surface area (Å²) < 4.78 is 5.97. The predicted molar refractivity (Wildman–Crippen MR) is 80.1 cm³/mol. The van der Waals surface area contributed by atoms with Gasteiger partial charge in [-0.1, -0.05) is 18.2 Å². The van der Waals surface area contributed by atoms with Crippen molar-refractivity contribution in [2.24, 2.45) is 5.73 Å². The minimum Gasteiger partial charge on any atom is -0.483 e. The average molecular weight is 283 g/mol. The summed E-state index contributed by atoms with van der Waals surface area (Å²) in [6.07, 6.45) is 0.715. The number of aromatic nitrogens is 2. The third kappa shape index (κ3) is 2.17. The average Bonchev–Trinajstić information content (AvgIpc) is 2.87. The van der Waals surface area contributed by atoms with Crippen LogP contribution in [0.3, 0.4) is 0 Å². The molecule has 1 unspecified atom stereocenters. The number of rotatable bonds is 2. The molecule has 1 fully saturated rings. The second-order valence-electron chi connectivity index (χ2n) is 5.59. The van der Waals surface area contributed by atoms with Crippen LogP contribution in [0.15, 0.2) is 30.3 Å². The van der Waals surface area contributed by atoms with Crippen molar-refractivity contribution in [3.63, 3.8) is 0 Å². The number of para-hydroxylation sites is 1. The first-order valence-corrected chi connectivity index (χ1v) is 7.08. The summed E-state index contributed by atoms with van der Waals surface area (Å²) >= 11 is 0. The molecular weight excluding hydrogens is 266 g/mol. The zero-order valence-corrected chi connectivity index (χ0v) is 11.6. The summed E-state index contributed by atoms with van der Waals surface area (Å²) in [5.41, 5.74) is 13.7. The van der Waals surface area contributed by atoms with E-state index in [9.17, 15) is 0 Å². The van der Waals surface area contributed by atoms with Gasteiger partial charge in [-0.3, -0.25) is 0 Å². The summed E-state index contributed by atoms with van der Waals surface area (Å²) in [7, 11) is 0. The van der Waals surface area contributed by atoms with Crippen molar-refractivity contribution in [1.82, 2.24) is 9.97 Å². The lowest BCUT2D eigenvalue weighted by atomic mass is 10.1. The Kier molecular flexibility index (Phi) is 2.71. The molecule has 1 aromatic carbocycles. The second-order valence-corrected chi connectivity index (χ2v) is 5.59. The van der Waals surface area contributed by atoms with Crippen LogP contribution >= 0.6 is 0 Å². The van der Waals surface area contributed by atoms with Crippen LogP contribution in [-0.2, 0) is 6.42 Å². The molecule has 4 rings (SSSR count). The monoisotopic (exact) mass is 283 g/mol. The van der Waals surface area contributed by atoms with E-state index in [4.69, 9.17) is 16.2 Å². The van der Waals surface area contributed by atoms with Gasteiger partial charge in [0.05, 0.1) is 5.69 Å². The Bertz CT molecular complexity index is 659. The van der Waals surface area contributed by atoms with Crippen molar-refractivity contribution >= 4 is 11.8 Å². The zero-order valence-electron chi connectivity index (χ0n) is 11.6. The molecule has 2 aliphatic heterocycles. The van der Waals surface area contributed by atoms with Gasteiger partial charge in [0.25, 0.3) is 0 Å². The SMILES string of the molecule is Nc1nc(C2Cc3ccccc3O2)cc(N2CC(N)C2)n1. The number of fused-ring (bicyclic) bond motifs is 1. The van der Waals surface area contributed by atoms with Crippen LogP contribution in [-0.4, -0.2) is 29.1 Å². The Hall–Kier alpha value is -2.34. The molecular formula is C15H17N5O. The molecule has 1 atom stereocenters. The fourth-order valence-electron chi connectivity index (χ4n) is 2.85. The van der Waals surface area contributed by atoms with E-state index in [0.717, 1.165) is 36.8 Å². The third-order valence-corrected chi connectivity index (χ3v) is 3.96. The largest absolute Gasteiger partial charge is 0.483 e. The first-order chi connectivity index (χ1) is 10.2. The van der Waals surface area contributed by atoms with Crippen molar-refractivity contribution in [2.45, 2.75) is 18.6 Å². The topological polar surface area (TPSA) is 90.3 Å². The highest BCUT2D eigenvalue weighted by Crippen LogP contribution is 2.36. The van der Waals surface area contributed by atoms with E-state index in [-0.39, 0.29) is 18.1 Å². The van der Waals surface area contributed by atoms with Gasteiger partial charge in [0.15, 0.2) is 0 Å². The van der Waals surface area contributed by atoms with Gasteiger partial charge >= 0.3 is 0 Å². The van der Waals surface area contributed by atoms with Crippen molar-refractivity contribution in [1.29, 1.82) is 0 Å². The second kappa shape index (κ2) is 4.60. The van der Waals surface area contributed by atoms with Crippen molar-refractivity contribution in [3.05, 3.63) is 41.6 Å². The van der Waals surface area contributed by atoms with Crippen LogP contribution in [0.5, 0.6) is 5.75 Å². The fraction of sp³-hybridized carbons (Fsp3) is 0.333. The maximum atomic E-state index is 5.97. The van der Waals surface area contributed by atoms with E-state index in [1.165, 1.54) is 5.56 Å². The highest BCUT2D eigenvalue weighted by atomic mass is 16.5. The van der Waals surface area contributed by atoms with Crippen LogP contribution in [0.2, 0.25) is 0 Å². The van der Waals surface area contributed by atoms with Gasteiger partial charge < -0.3 is 21.1 Å². The number of nitrogens with zero attached hydrogens (tertiary/aromatic N) is 3. The maximum absolute atomic E-state index is 5.97. The van der Waals surface area contributed by atoms with Crippen LogP contribution in [0.4, 0.5) is 11.8 Å². The predicted octanol–water partition coefficient (Wildman–Crippen LogP) is 0.882. The lowest BCUT2D eigenvalue weighted by Crippen LogP contribution is -2.56. The Morgan fingerprint density at radius 3 is 2.76 bits per heavy atom. The number of benzene rings is 1. The Labute approximate surface area is 122 Å². The third-order valence-electron chi connectivity index (χ3n) is 3.96. The Balaban J connectivity index is 1.61. The van der Waals surface area contributed by atoms with Crippen LogP contribution in [0.1, 0.15) is 17.4 Å². The van der Waals surface area contributed by atoms with Gasteiger partial charge in [-0.15, -0.1) is 0 Å². The summed E-state index contributed by atoms with van der Waals surface area (Å²) in [6.45, 7) is 1.61. The van der Waals surface area contributed by atoms with Crippen LogP contribution in [0.25, 0.3) is 0 Å². The Morgan fingerprint density at radius 1 is 1.19 bits per heavy atom. The van der Waals surface area contributed by atoms with E-state index in [1.807, 2.05) is 24.3 Å². The number of hydrogen-bond acceptors (Lipinski definition) is 6. The molecule has 0 bridgehead atoms. The molecule has 0 aliphatic carbocycles. The minimum atomic E-state index is -0.0959. The van der Waals surface area contributed by atoms with Gasteiger partial charge in [0, 0.05) is 31.6 Å². The normalized spacial score (nSPS) is 20.8. The summed E-state index contributed by atoms with van der Waals surface area (Å²) in [5, 5.41) is 0. The van der Waals surface area contributed by atoms with E-state index in [0.29, 0.717) is 0 Å². The quantitative estimate of drug-likeness (QED) is 0.850. The van der Waals surface area contributed by atoms with Crippen LogP contribution < -0.4 is 21.1 Å². The van der Waals surface area contributed by atoms with Gasteiger partial charge in [0.1, 0.15) is 17.7 Å². The number of nitrogens with two attached hydrogens (primary N) is 2. The molecule has 2 aromatic rings. The highest BCUT2D eigenvalue weighted by Gasteiger charge is 2.29. The molecule has 6 heteroatoms. The number of anilines is 2.